The summed E-state index contributed by atoms with van der Waals surface area (Å²) in [4.78, 5) is 24.4. The van der Waals surface area contributed by atoms with E-state index in [9.17, 15) is 9.59 Å². The molecule has 2 amide bonds. The van der Waals surface area contributed by atoms with Gasteiger partial charge >= 0.3 is 0 Å². The van der Waals surface area contributed by atoms with Gasteiger partial charge < -0.3 is 10.6 Å². The van der Waals surface area contributed by atoms with E-state index in [1.54, 1.807) is 12.1 Å². The van der Waals surface area contributed by atoms with Crippen LogP contribution in [0, 0.1) is 17.2 Å². The second kappa shape index (κ2) is 8.91. The highest BCUT2D eigenvalue weighted by atomic mass is 79.9. The minimum Gasteiger partial charge on any atom is -0.341 e. The Balaban J connectivity index is 2.86. The van der Waals surface area contributed by atoms with Gasteiger partial charge in [-0.2, -0.15) is 5.26 Å². The molecule has 0 aliphatic rings. The first-order valence-electron chi connectivity index (χ1n) is 6.75. The Hall–Kier alpha value is -1.39. The number of carbonyl (C=O) groups excluding carboxylic acids is 2. The van der Waals surface area contributed by atoms with Crippen molar-refractivity contribution < 1.29 is 9.59 Å². The Morgan fingerprint density at radius 1 is 1.23 bits per heavy atom. The summed E-state index contributed by atoms with van der Waals surface area (Å²) in [6, 6.07) is 6.36. The van der Waals surface area contributed by atoms with E-state index in [1.165, 1.54) is 0 Å². The molecule has 1 rings (SSSR count). The number of hydrogen-bond donors (Lipinski definition) is 2. The Bertz CT molecular complexity index is 577. The molecule has 1 aromatic rings. The predicted molar refractivity (Wildman–Crippen MR) is 91.2 cm³/mol. The van der Waals surface area contributed by atoms with E-state index in [4.69, 9.17) is 5.26 Å². The van der Waals surface area contributed by atoms with E-state index in [-0.39, 0.29) is 24.3 Å². The van der Waals surface area contributed by atoms with Crippen molar-refractivity contribution in [2.24, 2.45) is 5.92 Å². The van der Waals surface area contributed by atoms with Crippen LogP contribution in [0.25, 0.3) is 0 Å². The zero-order valence-electron chi connectivity index (χ0n) is 12.3. The summed E-state index contributed by atoms with van der Waals surface area (Å²) in [5.74, 6) is -0.454. The molecule has 0 bridgehead atoms. The fourth-order valence-electron chi connectivity index (χ4n) is 1.88. The summed E-state index contributed by atoms with van der Waals surface area (Å²) in [6.07, 6.45) is 0.498. The van der Waals surface area contributed by atoms with Gasteiger partial charge in [-0.3, -0.25) is 9.59 Å². The average molecular weight is 431 g/mol. The zero-order valence-corrected chi connectivity index (χ0v) is 15.5. The number of carbonyl (C=O) groups is 2. The normalized spacial score (nSPS) is 11.6. The fourth-order valence-corrected chi connectivity index (χ4v) is 3.17. The lowest BCUT2D eigenvalue weighted by Gasteiger charge is -2.19. The summed E-state index contributed by atoms with van der Waals surface area (Å²) in [7, 11) is 0. The smallest absolute Gasteiger partial charge is 0.252 e. The number of hydrogen-bond acceptors (Lipinski definition) is 3. The standard InChI is InChI=1S/C15H17Br2N3O2/c1-9(2)5-13(15(22)19-4-3-18)20-14(21)10-6-11(16)8-12(17)7-10/h6-9,13H,4-5H2,1-2H3,(H,19,22)(H,20,21)/t13-/m0/s1. The molecule has 1 atom stereocenters. The summed E-state index contributed by atoms with van der Waals surface area (Å²) in [5, 5.41) is 13.7. The highest BCUT2D eigenvalue weighted by molar-refractivity contribution is 9.11. The topological polar surface area (TPSA) is 82.0 Å². The molecule has 5 nitrogen and oxygen atoms in total. The van der Waals surface area contributed by atoms with Crippen LogP contribution in [-0.2, 0) is 4.79 Å². The molecule has 1 aromatic carbocycles. The number of nitrogens with one attached hydrogen (secondary N) is 2. The van der Waals surface area contributed by atoms with Crippen LogP contribution in [0.1, 0.15) is 30.6 Å². The molecule has 7 heteroatoms. The molecule has 118 valence electrons. The molecule has 0 aromatic heterocycles. The van der Waals surface area contributed by atoms with Gasteiger partial charge in [0.1, 0.15) is 12.6 Å². The second-order valence-corrected chi connectivity index (χ2v) is 7.02. The highest BCUT2D eigenvalue weighted by Gasteiger charge is 2.22. The molecular weight excluding hydrogens is 414 g/mol. The first kappa shape index (κ1) is 18.7. The third-order valence-corrected chi connectivity index (χ3v) is 3.71. The lowest BCUT2D eigenvalue weighted by Crippen LogP contribution is -2.47. The summed E-state index contributed by atoms with van der Waals surface area (Å²) in [5.41, 5.74) is 0.447. The maximum Gasteiger partial charge on any atom is 0.252 e. The van der Waals surface area contributed by atoms with Gasteiger partial charge in [-0.1, -0.05) is 45.7 Å². The Morgan fingerprint density at radius 2 is 1.82 bits per heavy atom. The number of rotatable bonds is 6. The number of nitriles is 1. The molecule has 0 heterocycles. The summed E-state index contributed by atoms with van der Waals surface area (Å²) >= 11 is 6.65. The molecule has 0 spiro atoms. The molecule has 0 saturated carbocycles. The minimum atomic E-state index is -0.668. The largest absolute Gasteiger partial charge is 0.341 e. The van der Waals surface area contributed by atoms with Crippen molar-refractivity contribution >= 4 is 43.7 Å². The minimum absolute atomic E-state index is 0.0776. The van der Waals surface area contributed by atoms with Crippen LogP contribution in [0.2, 0.25) is 0 Å². The van der Waals surface area contributed by atoms with Gasteiger partial charge in [0.2, 0.25) is 5.91 Å². The van der Waals surface area contributed by atoms with E-state index in [0.29, 0.717) is 12.0 Å². The van der Waals surface area contributed by atoms with E-state index < -0.39 is 6.04 Å². The molecule has 0 aliphatic carbocycles. The van der Waals surface area contributed by atoms with Gasteiger partial charge in [0, 0.05) is 14.5 Å². The maximum absolute atomic E-state index is 12.3. The molecule has 0 saturated heterocycles. The number of benzene rings is 1. The van der Waals surface area contributed by atoms with Gasteiger partial charge in [-0.25, -0.2) is 0 Å². The molecule has 2 N–H and O–H groups in total. The average Bonchev–Trinajstić information content (AvgIpc) is 2.42. The lowest BCUT2D eigenvalue weighted by atomic mass is 10.0. The quantitative estimate of drug-likeness (QED) is 0.680. The van der Waals surface area contributed by atoms with Crippen molar-refractivity contribution in [1.29, 1.82) is 5.26 Å². The van der Waals surface area contributed by atoms with Crippen LogP contribution < -0.4 is 10.6 Å². The van der Waals surface area contributed by atoms with Crippen LogP contribution in [0.15, 0.2) is 27.1 Å². The van der Waals surface area contributed by atoms with Crippen molar-refractivity contribution in [3.63, 3.8) is 0 Å². The number of nitrogens with zero attached hydrogens (tertiary/aromatic N) is 1. The summed E-state index contributed by atoms with van der Waals surface area (Å²) in [6.45, 7) is 3.85. The van der Waals surface area contributed by atoms with Crippen LogP contribution in [0.4, 0.5) is 0 Å². The van der Waals surface area contributed by atoms with Crippen molar-refractivity contribution in [2.45, 2.75) is 26.3 Å². The first-order valence-corrected chi connectivity index (χ1v) is 8.33. The molecule has 0 unspecified atom stereocenters. The van der Waals surface area contributed by atoms with Gasteiger partial charge in [-0.15, -0.1) is 0 Å². The summed E-state index contributed by atoms with van der Waals surface area (Å²) < 4.78 is 1.53. The molecule has 0 aliphatic heterocycles. The Morgan fingerprint density at radius 3 is 2.32 bits per heavy atom. The van der Waals surface area contributed by atoms with Crippen LogP contribution >= 0.6 is 31.9 Å². The monoisotopic (exact) mass is 429 g/mol. The maximum atomic E-state index is 12.3. The third kappa shape index (κ3) is 6.16. The SMILES string of the molecule is CC(C)C[C@H](NC(=O)c1cc(Br)cc(Br)c1)C(=O)NCC#N. The molecular formula is C15H17Br2N3O2. The van der Waals surface area contributed by atoms with Gasteiger partial charge in [-0.05, 0) is 30.5 Å². The van der Waals surface area contributed by atoms with E-state index in [0.717, 1.165) is 8.95 Å². The van der Waals surface area contributed by atoms with Crippen molar-refractivity contribution in [1.82, 2.24) is 10.6 Å². The van der Waals surface area contributed by atoms with Crippen molar-refractivity contribution in [2.75, 3.05) is 6.54 Å². The Kier molecular flexibility index (Phi) is 7.56. The van der Waals surface area contributed by atoms with Crippen LogP contribution in [0.3, 0.4) is 0 Å². The molecule has 0 fully saturated rings. The zero-order chi connectivity index (χ0) is 16.7. The fraction of sp³-hybridized carbons (Fsp3) is 0.400. The molecule has 22 heavy (non-hydrogen) atoms. The van der Waals surface area contributed by atoms with E-state index in [2.05, 4.69) is 42.5 Å². The van der Waals surface area contributed by atoms with Crippen molar-refractivity contribution in [3.05, 3.63) is 32.7 Å². The van der Waals surface area contributed by atoms with Crippen molar-refractivity contribution in [3.8, 4) is 6.07 Å². The predicted octanol–water partition coefficient (Wildman–Crippen LogP) is 3.00. The third-order valence-electron chi connectivity index (χ3n) is 2.80. The van der Waals surface area contributed by atoms with Crippen LogP contribution in [-0.4, -0.2) is 24.4 Å². The van der Waals surface area contributed by atoms with Gasteiger partial charge in [0.25, 0.3) is 5.91 Å². The molecule has 0 radical (unpaired) electrons. The van der Waals surface area contributed by atoms with E-state index >= 15 is 0 Å². The number of amides is 2. The first-order chi connectivity index (χ1) is 10.3. The second-order valence-electron chi connectivity index (χ2n) is 5.19. The highest BCUT2D eigenvalue weighted by Crippen LogP contribution is 2.20. The van der Waals surface area contributed by atoms with Gasteiger partial charge in [0.15, 0.2) is 0 Å². The van der Waals surface area contributed by atoms with Crippen LogP contribution in [0.5, 0.6) is 0 Å². The Labute approximate surface area is 146 Å². The lowest BCUT2D eigenvalue weighted by molar-refractivity contribution is -0.123. The number of halogens is 2. The van der Waals surface area contributed by atoms with E-state index in [1.807, 2.05) is 26.0 Å². The van der Waals surface area contributed by atoms with Gasteiger partial charge in [0.05, 0.1) is 6.07 Å².